The van der Waals surface area contributed by atoms with Crippen LogP contribution in [0.15, 0.2) is 65.6 Å². The molecule has 0 unspecified atom stereocenters. The number of benzene rings is 2. The molecule has 0 N–H and O–H groups in total. The van der Waals surface area contributed by atoms with Crippen molar-refractivity contribution in [3.63, 3.8) is 0 Å². The molecule has 33 heavy (non-hydrogen) atoms. The summed E-state index contributed by atoms with van der Waals surface area (Å²) in [6, 6.07) is 17.4. The maximum atomic E-state index is 12.8. The Labute approximate surface area is 197 Å². The van der Waals surface area contributed by atoms with Crippen molar-refractivity contribution in [1.29, 1.82) is 0 Å². The Morgan fingerprint density at radius 2 is 1.64 bits per heavy atom. The maximum Gasteiger partial charge on any atom is 0.292 e. The van der Waals surface area contributed by atoms with Crippen LogP contribution < -0.4 is 15.4 Å². The summed E-state index contributed by atoms with van der Waals surface area (Å²) in [5.74, 6) is 0.180. The first-order valence-corrected chi connectivity index (χ1v) is 11.7. The molecule has 2 aliphatic heterocycles. The SMILES string of the molecule is O=C(CCN1CCN(c2cnn(-c3ccccc3)c(=O)c2Cl)CC1)N1CCc2ccccc21. The summed E-state index contributed by atoms with van der Waals surface area (Å²) >= 11 is 6.46. The lowest BCUT2D eigenvalue weighted by Gasteiger charge is -2.36. The third-order valence-electron chi connectivity index (χ3n) is 6.44. The third kappa shape index (κ3) is 4.38. The molecule has 1 saturated heterocycles. The molecule has 3 heterocycles. The molecular formula is C25H26ClN5O2. The lowest BCUT2D eigenvalue weighted by molar-refractivity contribution is -0.118. The van der Waals surface area contributed by atoms with Gasteiger partial charge in [-0.25, -0.2) is 0 Å². The van der Waals surface area contributed by atoms with Crippen LogP contribution in [-0.2, 0) is 11.2 Å². The fraction of sp³-hybridized carbons (Fsp3) is 0.320. The first-order chi connectivity index (χ1) is 16.1. The van der Waals surface area contributed by atoms with Gasteiger partial charge >= 0.3 is 0 Å². The highest BCUT2D eigenvalue weighted by Gasteiger charge is 2.26. The van der Waals surface area contributed by atoms with Crippen LogP contribution >= 0.6 is 11.6 Å². The minimum Gasteiger partial charge on any atom is -0.366 e. The van der Waals surface area contributed by atoms with Gasteiger partial charge in [0.05, 0.1) is 17.6 Å². The Bertz CT molecular complexity index is 1200. The number of aromatic nitrogens is 2. The smallest absolute Gasteiger partial charge is 0.292 e. The van der Waals surface area contributed by atoms with Crippen LogP contribution in [-0.4, -0.2) is 59.9 Å². The van der Waals surface area contributed by atoms with E-state index in [0.717, 1.165) is 51.4 Å². The number of hydrogen-bond acceptors (Lipinski definition) is 5. The van der Waals surface area contributed by atoms with E-state index in [9.17, 15) is 9.59 Å². The molecule has 0 atom stereocenters. The van der Waals surface area contributed by atoms with Crippen LogP contribution in [0.4, 0.5) is 11.4 Å². The monoisotopic (exact) mass is 463 g/mol. The standard InChI is InChI=1S/C25H26ClN5O2/c26-24-22(18-27-31(25(24)33)20-7-2-1-3-8-20)29-16-14-28(15-17-29)12-11-23(32)30-13-10-19-6-4-5-9-21(19)30/h1-9,18H,10-17H2. The Hall–Kier alpha value is -3.16. The van der Waals surface area contributed by atoms with E-state index in [1.807, 2.05) is 53.4 Å². The van der Waals surface area contributed by atoms with Crippen molar-refractivity contribution in [3.8, 4) is 5.69 Å². The van der Waals surface area contributed by atoms with Gasteiger partial charge in [-0.15, -0.1) is 0 Å². The molecule has 2 aromatic carbocycles. The molecule has 1 fully saturated rings. The number of rotatable bonds is 5. The average molecular weight is 464 g/mol. The number of anilines is 2. The van der Waals surface area contributed by atoms with Crippen molar-refractivity contribution in [2.45, 2.75) is 12.8 Å². The molecule has 8 heteroatoms. The lowest BCUT2D eigenvalue weighted by Crippen LogP contribution is -2.48. The van der Waals surface area contributed by atoms with Crippen molar-refractivity contribution in [3.05, 3.63) is 81.7 Å². The molecule has 0 spiro atoms. The first kappa shape index (κ1) is 21.7. The summed E-state index contributed by atoms with van der Waals surface area (Å²) in [6.45, 7) is 4.58. The second kappa shape index (κ2) is 9.37. The Morgan fingerprint density at radius 1 is 0.909 bits per heavy atom. The van der Waals surface area contributed by atoms with Crippen molar-refractivity contribution in [2.24, 2.45) is 0 Å². The fourth-order valence-electron chi connectivity index (χ4n) is 4.60. The van der Waals surface area contributed by atoms with Crippen LogP contribution in [0.1, 0.15) is 12.0 Å². The van der Waals surface area contributed by atoms with E-state index in [-0.39, 0.29) is 16.5 Å². The van der Waals surface area contributed by atoms with Gasteiger partial charge in [0.2, 0.25) is 5.91 Å². The molecule has 1 aromatic heterocycles. The maximum absolute atomic E-state index is 12.8. The highest BCUT2D eigenvalue weighted by Crippen LogP contribution is 2.28. The second-order valence-electron chi connectivity index (χ2n) is 8.40. The molecule has 0 radical (unpaired) electrons. The van der Waals surface area contributed by atoms with Gasteiger partial charge in [0, 0.05) is 51.4 Å². The second-order valence-corrected chi connectivity index (χ2v) is 8.78. The number of nitrogens with zero attached hydrogens (tertiary/aromatic N) is 5. The molecule has 0 aliphatic carbocycles. The highest BCUT2D eigenvalue weighted by atomic mass is 35.5. The summed E-state index contributed by atoms with van der Waals surface area (Å²) in [4.78, 5) is 31.9. The minimum atomic E-state index is -0.320. The highest BCUT2D eigenvalue weighted by molar-refractivity contribution is 6.33. The van der Waals surface area contributed by atoms with Crippen molar-refractivity contribution >= 4 is 28.9 Å². The quantitative estimate of drug-likeness (QED) is 0.582. The van der Waals surface area contributed by atoms with E-state index in [2.05, 4.69) is 21.0 Å². The topological polar surface area (TPSA) is 61.7 Å². The van der Waals surface area contributed by atoms with Gasteiger partial charge < -0.3 is 9.80 Å². The zero-order chi connectivity index (χ0) is 22.8. The van der Waals surface area contributed by atoms with Crippen LogP contribution in [0, 0.1) is 0 Å². The van der Waals surface area contributed by atoms with E-state index in [1.165, 1.54) is 10.2 Å². The van der Waals surface area contributed by atoms with E-state index in [4.69, 9.17) is 11.6 Å². The van der Waals surface area contributed by atoms with Gasteiger partial charge in [0.15, 0.2) is 0 Å². The van der Waals surface area contributed by atoms with Crippen LogP contribution in [0.25, 0.3) is 5.69 Å². The van der Waals surface area contributed by atoms with Gasteiger partial charge in [0.25, 0.3) is 5.56 Å². The molecule has 0 bridgehead atoms. The number of amides is 1. The van der Waals surface area contributed by atoms with Gasteiger partial charge in [0.1, 0.15) is 5.02 Å². The number of fused-ring (bicyclic) bond motifs is 1. The predicted molar refractivity (Wildman–Crippen MR) is 131 cm³/mol. The lowest BCUT2D eigenvalue weighted by atomic mass is 10.2. The summed E-state index contributed by atoms with van der Waals surface area (Å²) in [7, 11) is 0. The molecule has 2 aliphatic rings. The van der Waals surface area contributed by atoms with E-state index in [1.54, 1.807) is 6.20 Å². The van der Waals surface area contributed by atoms with Crippen molar-refractivity contribution in [1.82, 2.24) is 14.7 Å². The number of carbonyl (C=O) groups is 1. The van der Waals surface area contributed by atoms with E-state index >= 15 is 0 Å². The van der Waals surface area contributed by atoms with Gasteiger partial charge in [-0.1, -0.05) is 48.0 Å². The fourth-order valence-corrected chi connectivity index (χ4v) is 4.84. The Kier molecular flexibility index (Phi) is 6.15. The number of hydrogen-bond donors (Lipinski definition) is 0. The number of carbonyl (C=O) groups excluding carboxylic acids is 1. The van der Waals surface area contributed by atoms with Crippen LogP contribution in [0.5, 0.6) is 0 Å². The normalized spacial score (nSPS) is 16.2. The van der Waals surface area contributed by atoms with Crippen molar-refractivity contribution < 1.29 is 4.79 Å². The molecule has 1 amide bonds. The average Bonchev–Trinajstić information content (AvgIpc) is 3.29. The molecule has 7 nitrogen and oxygen atoms in total. The van der Waals surface area contributed by atoms with Gasteiger partial charge in [-0.05, 0) is 30.2 Å². The molecule has 5 rings (SSSR count). The molecular weight excluding hydrogens is 438 g/mol. The number of para-hydroxylation sites is 2. The summed E-state index contributed by atoms with van der Waals surface area (Å²) in [5, 5.41) is 4.53. The zero-order valence-electron chi connectivity index (χ0n) is 18.4. The molecule has 0 saturated carbocycles. The summed E-state index contributed by atoms with van der Waals surface area (Å²) in [5.41, 5.74) is 3.34. The third-order valence-corrected chi connectivity index (χ3v) is 6.80. The predicted octanol–water partition coefficient (Wildman–Crippen LogP) is 2.99. The number of halogens is 1. The largest absolute Gasteiger partial charge is 0.366 e. The van der Waals surface area contributed by atoms with Gasteiger partial charge in [-0.2, -0.15) is 9.78 Å². The zero-order valence-corrected chi connectivity index (χ0v) is 19.1. The Balaban J connectivity index is 1.18. The first-order valence-electron chi connectivity index (χ1n) is 11.3. The summed E-state index contributed by atoms with van der Waals surface area (Å²) < 4.78 is 1.32. The number of piperazine rings is 1. The Morgan fingerprint density at radius 3 is 2.42 bits per heavy atom. The molecule has 3 aromatic rings. The van der Waals surface area contributed by atoms with Gasteiger partial charge in [-0.3, -0.25) is 14.5 Å². The molecule has 170 valence electrons. The van der Waals surface area contributed by atoms with Crippen LogP contribution in [0.2, 0.25) is 5.02 Å². The van der Waals surface area contributed by atoms with E-state index < -0.39 is 0 Å². The minimum absolute atomic E-state index is 0.180. The summed E-state index contributed by atoms with van der Waals surface area (Å²) in [6.07, 6.45) is 3.10. The van der Waals surface area contributed by atoms with Crippen LogP contribution in [0.3, 0.4) is 0 Å². The van der Waals surface area contributed by atoms with Crippen molar-refractivity contribution in [2.75, 3.05) is 49.1 Å². The van der Waals surface area contributed by atoms with E-state index in [0.29, 0.717) is 17.8 Å².